The maximum absolute atomic E-state index is 3.70. The highest BCUT2D eigenvalue weighted by Crippen LogP contribution is 2.07. The molecule has 6 N–H and O–H groups in total. The van der Waals surface area contributed by atoms with E-state index in [1.807, 2.05) is 0 Å². The number of nitrogens with zero attached hydrogens (tertiary/aromatic N) is 2. The molecule has 5 heterocycles. The van der Waals surface area contributed by atoms with Crippen LogP contribution in [0.4, 0.5) is 0 Å². The summed E-state index contributed by atoms with van der Waals surface area (Å²) in [7, 11) is 0. The molecule has 3 aromatic rings. The Bertz CT molecular complexity index is 1070. The lowest BCUT2D eigenvalue weighted by Gasteiger charge is -2.23. The molecule has 0 atom stereocenters. The van der Waals surface area contributed by atoms with Crippen LogP contribution in [0.15, 0.2) is 72.8 Å². The summed E-state index contributed by atoms with van der Waals surface area (Å²) in [5, 5.41) is 22.2. The van der Waals surface area contributed by atoms with E-state index in [2.05, 4.69) is 114 Å². The minimum Gasteiger partial charge on any atom is -0.311 e. The maximum atomic E-state index is 3.70. The first-order chi connectivity index (χ1) is 21.8. The van der Waals surface area contributed by atoms with E-state index in [4.69, 9.17) is 0 Å². The predicted octanol–water partition coefficient (Wildman–Crippen LogP) is 2.26. The Morgan fingerprint density at radius 3 is 0.841 bits per heavy atom. The summed E-state index contributed by atoms with van der Waals surface area (Å²) in [5.74, 6) is 0. The van der Waals surface area contributed by atoms with E-state index < -0.39 is 0 Å². The summed E-state index contributed by atoms with van der Waals surface area (Å²) >= 11 is 0. The first-order valence-corrected chi connectivity index (χ1v) is 16.7. The monoisotopic (exact) mass is 598 g/mol. The third-order valence-electron chi connectivity index (χ3n) is 8.61. The van der Waals surface area contributed by atoms with Gasteiger partial charge in [0, 0.05) is 118 Å². The Kier molecular flexibility index (Phi) is 14.1. The Morgan fingerprint density at radius 2 is 0.568 bits per heavy atom. The van der Waals surface area contributed by atoms with E-state index in [9.17, 15) is 0 Å². The first-order valence-electron chi connectivity index (χ1n) is 16.7. The van der Waals surface area contributed by atoms with Crippen LogP contribution in [-0.2, 0) is 39.3 Å². The van der Waals surface area contributed by atoms with Gasteiger partial charge in [-0.3, -0.25) is 9.80 Å². The Hall–Kier alpha value is -2.66. The van der Waals surface area contributed by atoms with E-state index in [1.54, 1.807) is 0 Å². The highest BCUT2D eigenvalue weighted by Gasteiger charge is 2.08. The van der Waals surface area contributed by atoms with Crippen molar-refractivity contribution in [3.8, 4) is 0 Å². The van der Waals surface area contributed by atoms with Crippen molar-refractivity contribution in [2.24, 2.45) is 0 Å². The van der Waals surface area contributed by atoms with Crippen LogP contribution in [0.5, 0.6) is 0 Å². The number of hydrogen-bond acceptors (Lipinski definition) is 8. The molecule has 0 aromatic heterocycles. The fraction of sp³-hybridized carbons (Fsp3) is 0.500. The average molecular weight is 599 g/mol. The van der Waals surface area contributed by atoms with Crippen molar-refractivity contribution in [2.45, 2.75) is 39.3 Å². The molecule has 5 aliphatic heterocycles. The molecular formula is C36H54N8. The normalized spacial score (nSPS) is 22.6. The molecule has 0 amide bonds. The fourth-order valence-electron chi connectivity index (χ4n) is 5.96. The average Bonchev–Trinajstić information content (AvgIpc) is 3.05. The molecule has 44 heavy (non-hydrogen) atoms. The second kappa shape index (κ2) is 19.0. The predicted molar refractivity (Wildman–Crippen MR) is 182 cm³/mol. The molecule has 8 heteroatoms. The van der Waals surface area contributed by atoms with E-state index >= 15 is 0 Å². The number of benzene rings is 3. The molecule has 8 nitrogen and oxygen atoms in total. The molecule has 8 bridgehead atoms. The zero-order chi connectivity index (χ0) is 30.1. The van der Waals surface area contributed by atoms with Gasteiger partial charge in [-0.1, -0.05) is 72.8 Å². The zero-order valence-electron chi connectivity index (χ0n) is 26.6. The van der Waals surface area contributed by atoms with Gasteiger partial charge in [-0.15, -0.1) is 0 Å². The van der Waals surface area contributed by atoms with Crippen molar-refractivity contribution in [3.05, 3.63) is 106 Å². The van der Waals surface area contributed by atoms with Gasteiger partial charge in [0.15, 0.2) is 0 Å². The van der Waals surface area contributed by atoms with Crippen LogP contribution in [0.1, 0.15) is 33.4 Å². The first kappa shape index (κ1) is 32.7. The standard InChI is InChI=1S/C36H54N8/c1-3-33-23-34(4-1)28-40-14-20-44-18-12-38-26-32-9-7-31(8-10-32)25-37-11-17-43(19-13-39-27-33)21-15-41-29-35-5-2-6-36(24-35)30-42-16-22-44/h1-10,23-24,37-42H,11-22,25-30H2. The quantitative estimate of drug-likeness (QED) is 0.236. The van der Waals surface area contributed by atoms with Crippen molar-refractivity contribution in [3.63, 3.8) is 0 Å². The molecule has 3 aromatic carbocycles. The lowest BCUT2D eigenvalue weighted by atomic mass is 10.1. The lowest BCUT2D eigenvalue weighted by Crippen LogP contribution is -2.40. The molecule has 238 valence electrons. The number of hydrogen-bond donors (Lipinski definition) is 6. The SMILES string of the molecule is c1cc2cc(c1)CNCCN1CCNCc3ccc(cc3)CNCCN(CCNC2)CCNCc2cccc(c2)CNCC1. The second-order valence-electron chi connectivity index (χ2n) is 12.2. The topological polar surface area (TPSA) is 78.7 Å². The third kappa shape index (κ3) is 12.0. The van der Waals surface area contributed by atoms with Crippen LogP contribution in [0.2, 0.25) is 0 Å². The van der Waals surface area contributed by atoms with Crippen LogP contribution < -0.4 is 31.9 Å². The van der Waals surface area contributed by atoms with Crippen LogP contribution in [0, 0.1) is 0 Å². The molecule has 0 fully saturated rings. The van der Waals surface area contributed by atoms with E-state index in [1.165, 1.54) is 33.4 Å². The van der Waals surface area contributed by atoms with Gasteiger partial charge in [0.05, 0.1) is 0 Å². The molecular weight excluding hydrogens is 544 g/mol. The highest BCUT2D eigenvalue weighted by molar-refractivity contribution is 5.24. The lowest BCUT2D eigenvalue weighted by molar-refractivity contribution is 0.271. The summed E-state index contributed by atoms with van der Waals surface area (Å²) < 4.78 is 0. The number of nitrogens with one attached hydrogen (secondary N) is 6. The number of rotatable bonds is 0. The van der Waals surface area contributed by atoms with Crippen LogP contribution >= 0.6 is 0 Å². The summed E-state index contributed by atoms with van der Waals surface area (Å²) in [4.78, 5) is 5.15. The molecule has 0 aliphatic carbocycles. The molecule has 0 saturated heterocycles. The van der Waals surface area contributed by atoms with Gasteiger partial charge in [0.2, 0.25) is 0 Å². The van der Waals surface area contributed by atoms with Crippen molar-refractivity contribution >= 4 is 0 Å². The van der Waals surface area contributed by atoms with Gasteiger partial charge in [-0.05, 0) is 33.4 Å². The summed E-state index contributed by atoms with van der Waals surface area (Å²) in [6, 6.07) is 27.1. The summed E-state index contributed by atoms with van der Waals surface area (Å²) in [5.41, 5.74) is 8.10. The summed E-state index contributed by atoms with van der Waals surface area (Å²) in [6.45, 7) is 17.5. The minimum atomic E-state index is 0.901. The van der Waals surface area contributed by atoms with Crippen molar-refractivity contribution < 1.29 is 0 Å². The van der Waals surface area contributed by atoms with Gasteiger partial charge in [0.1, 0.15) is 0 Å². The van der Waals surface area contributed by atoms with Gasteiger partial charge >= 0.3 is 0 Å². The smallest absolute Gasteiger partial charge is 0.0206 e. The van der Waals surface area contributed by atoms with Crippen molar-refractivity contribution in [2.75, 3.05) is 78.5 Å². The minimum absolute atomic E-state index is 0.901. The second-order valence-corrected chi connectivity index (χ2v) is 12.2. The van der Waals surface area contributed by atoms with E-state index in [-0.39, 0.29) is 0 Å². The molecule has 8 rings (SSSR count). The van der Waals surface area contributed by atoms with Crippen molar-refractivity contribution in [1.29, 1.82) is 0 Å². The van der Waals surface area contributed by atoms with E-state index in [0.29, 0.717) is 0 Å². The molecule has 0 saturated carbocycles. The van der Waals surface area contributed by atoms with Gasteiger partial charge in [-0.25, -0.2) is 0 Å². The maximum Gasteiger partial charge on any atom is 0.0206 e. The fourth-order valence-corrected chi connectivity index (χ4v) is 5.96. The Labute approximate surface area is 265 Å². The van der Waals surface area contributed by atoms with Crippen LogP contribution in [-0.4, -0.2) is 88.3 Å². The van der Waals surface area contributed by atoms with Crippen LogP contribution in [0.25, 0.3) is 0 Å². The third-order valence-corrected chi connectivity index (χ3v) is 8.61. The van der Waals surface area contributed by atoms with Crippen LogP contribution in [0.3, 0.4) is 0 Å². The van der Waals surface area contributed by atoms with Gasteiger partial charge < -0.3 is 31.9 Å². The molecule has 0 unspecified atom stereocenters. The Morgan fingerprint density at radius 1 is 0.318 bits per heavy atom. The molecule has 0 spiro atoms. The molecule has 0 radical (unpaired) electrons. The zero-order valence-corrected chi connectivity index (χ0v) is 26.6. The van der Waals surface area contributed by atoms with Gasteiger partial charge in [0.25, 0.3) is 0 Å². The molecule has 5 aliphatic rings. The largest absolute Gasteiger partial charge is 0.311 e. The summed E-state index contributed by atoms with van der Waals surface area (Å²) in [6.07, 6.45) is 0. The van der Waals surface area contributed by atoms with Gasteiger partial charge in [-0.2, -0.15) is 0 Å². The highest BCUT2D eigenvalue weighted by atomic mass is 15.2. The van der Waals surface area contributed by atoms with Crippen molar-refractivity contribution in [1.82, 2.24) is 41.7 Å². The Balaban J connectivity index is 1.29. The van der Waals surface area contributed by atoms with E-state index in [0.717, 1.165) is 118 Å².